The Morgan fingerprint density at radius 3 is 2.40 bits per heavy atom. The summed E-state index contributed by atoms with van der Waals surface area (Å²) in [6.45, 7) is 3.56. The lowest BCUT2D eigenvalue weighted by molar-refractivity contribution is -0.383. The molecule has 1 heterocycles. The number of nitro groups is 1. The lowest BCUT2D eigenvalue weighted by atomic mass is 10.1. The van der Waals surface area contributed by atoms with Crippen LogP contribution >= 0.6 is 0 Å². The van der Waals surface area contributed by atoms with E-state index in [2.05, 4.69) is 22.2 Å². The largest absolute Gasteiger partial charge is 0.369 e. The van der Waals surface area contributed by atoms with Gasteiger partial charge < -0.3 is 15.1 Å². The summed E-state index contributed by atoms with van der Waals surface area (Å²) in [4.78, 5) is 27.6. The summed E-state index contributed by atoms with van der Waals surface area (Å²) in [5.41, 5.74) is 1.45. The van der Waals surface area contributed by atoms with Crippen molar-refractivity contribution in [1.29, 1.82) is 0 Å². The quantitative estimate of drug-likeness (QED) is 0.684. The summed E-state index contributed by atoms with van der Waals surface area (Å²) in [6.07, 6.45) is 0. The average Bonchev–Trinajstić information content (AvgIpc) is 2.63. The van der Waals surface area contributed by atoms with Gasteiger partial charge >= 0.3 is 0 Å². The molecule has 1 fully saturated rings. The van der Waals surface area contributed by atoms with Gasteiger partial charge in [-0.05, 0) is 31.3 Å². The Balaban J connectivity index is 1.86. The first-order chi connectivity index (χ1) is 12.0. The van der Waals surface area contributed by atoms with E-state index in [-0.39, 0.29) is 17.3 Å². The highest BCUT2D eigenvalue weighted by atomic mass is 16.6. The molecule has 0 unspecified atom stereocenters. The van der Waals surface area contributed by atoms with Gasteiger partial charge in [0.1, 0.15) is 5.69 Å². The lowest BCUT2D eigenvalue weighted by Crippen LogP contribution is -2.44. The first kappa shape index (κ1) is 16.9. The number of nitrogens with one attached hydrogen (secondary N) is 1. The Bertz CT molecular complexity index is 771. The fourth-order valence-corrected chi connectivity index (χ4v) is 2.83. The fourth-order valence-electron chi connectivity index (χ4n) is 2.83. The summed E-state index contributed by atoms with van der Waals surface area (Å²) in [5, 5.41) is 14.0. The SMILES string of the molecule is CN1CCN(c2ccc([N+](=O)[O-])c(NC(=O)c3ccccc3)c2)CC1. The van der Waals surface area contributed by atoms with Crippen molar-refractivity contribution < 1.29 is 9.72 Å². The number of amides is 1. The number of hydrogen-bond acceptors (Lipinski definition) is 5. The van der Waals surface area contributed by atoms with Crippen LogP contribution in [-0.2, 0) is 0 Å². The molecule has 0 aliphatic carbocycles. The summed E-state index contributed by atoms with van der Waals surface area (Å²) >= 11 is 0. The number of anilines is 2. The molecule has 2 aromatic rings. The zero-order valence-corrected chi connectivity index (χ0v) is 14.0. The van der Waals surface area contributed by atoms with Crippen LogP contribution in [0.25, 0.3) is 0 Å². The Labute approximate surface area is 146 Å². The van der Waals surface area contributed by atoms with Gasteiger partial charge in [-0.1, -0.05) is 18.2 Å². The monoisotopic (exact) mass is 340 g/mol. The van der Waals surface area contributed by atoms with E-state index < -0.39 is 4.92 Å². The van der Waals surface area contributed by atoms with Crippen molar-refractivity contribution in [2.45, 2.75) is 0 Å². The molecule has 0 aromatic heterocycles. The molecule has 3 rings (SSSR count). The number of rotatable bonds is 4. The van der Waals surface area contributed by atoms with Crippen LogP contribution in [-0.4, -0.2) is 49.0 Å². The van der Waals surface area contributed by atoms with Crippen LogP contribution in [0.3, 0.4) is 0 Å². The predicted octanol–water partition coefficient (Wildman–Crippen LogP) is 2.60. The van der Waals surface area contributed by atoms with Crippen molar-refractivity contribution in [2.24, 2.45) is 0 Å². The van der Waals surface area contributed by atoms with E-state index in [0.29, 0.717) is 5.56 Å². The lowest BCUT2D eigenvalue weighted by Gasteiger charge is -2.34. The summed E-state index contributed by atoms with van der Waals surface area (Å²) in [6, 6.07) is 13.5. The normalized spacial score (nSPS) is 15.0. The Hall–Kier alpha value is -2.93. The number of carbonyl (C=O) groups is 1. The number of hydrogen-bond donors (Lipinski definition) is 1. The van der Waals surface area contributed by atoms with E-state index in [0.717, 1.165) is 31.9 Å². The van der Waals surface area contributed by atoms with Crippen LogP contribution in [0.4, 0.5) is 17.1 Å². The number of benzene rings is 2. The molecule has 0 atom stereocenters. The number of carbonyl (C=O) groups excluding carboxylic acids is 1. The van der Waals surface area contributed by atoms with Gasteiger partial charge in [0, 0.05) is 43.5 Å². The number of likely N-dealkylation sites (N-methyl/N-ethyl adjacent to an activating group) is 1. The van der Waals surface area contributed by atoms with Gasteiger partial charge in [-0.3, -0.25) is 14.9 Å². The minimum atomic E-state index is -0.478. The molecular weight excluding hydrogens is 320 g/mol. The molecule has 0 saturated carbocycles. The Kier molecular flexibility index (Phi) is 4.95. The molecule has 1 aliphatic rings. The van der Waals surface area contributed by atoms with Crippen molar-refractivity contribution >= 4 is 23.0 Å². The van der Waals surface area contributed by atoms with Crippen molar-refractivity contribution in [1.82, 2.24) is 4.90 Å². The average molecular weight is 340 g/mol. The van der Waals surface area contributed by atoms with Crippen molar-refractivity contribution in [3.8, 4) is 0 Å². The zero-order chi connectivity index (χ0) is 17.8. The maximum atomic E-state index is 12.4. The van der Waals surface area contributed by atoms with Crippen LogP contribution in [0.1, 0.15) is 10.4 Å². The van der Waals surface area contributed by atoms with Crippen molar-refractivity contribution in [2.75, 3.05) is 43.4 Å². The highest BCUT2D eigenvalue weighted by Gasteiger charge is 2.20. The highest BCUT2D eigenvalue weighted by molar-refractivity contribution is 6.05. The third-order valence-electron chi connectivity index (χ3n) is 4.33. The maximum absolute atomic E-state index is 12.4. The molecule has 1 N–H and O–H groups in total. The van der Waals surface area contributed by atoms with Crippen LogP contribution in [0, 0.1) is 10.1 Å². The molecule has 130 valence electrons. The molecule has 25 heavy (non-hydrogen) atoms. The van der Waals surface area contributed by atoms with E-state index in [9.17, 15) is 14.9 Å². The Morgan fingerprint density at radius 2 is 1.76 bits per heavy atom. The second-order valence-electron chi connectivity index (χ2n) is 6.07. The maximum Gasteiger partial charge on any atom is 0.292 e. The van der Waals surface area contributed by atoms with Crippen molar-refractivity contribution in [3.05, 3.63) is 64.2 Å². The molecule has 0 radical (unpaired) electrons. The second kappa shape index (κ2) is 7.31. The van der Waals surface area contributed by atoms with Crippen LogP contribution in [0.5, 0.6) is 0 Å². The van der Waals surface area contributed by atoms with Gasteiger partial charge in [-0.25, -0.2) is 0 Å². The van der Waals surface area contributed by atoms with Gasteiger partial charge in [-0.15, -0.1) is 0 Å². The molecule has 0 spiro atoms. The van der Waals surface area contributed by atoms with Crippen LogP contribution in [0.2, 0.25) is 0 Å². The number of nitro benzene ring substituents is 1. The molecule has 2 aromatic carbocycles. The van der Waals surface area contributed by atoms with E-state index in [1.807, 2.05) is 6.07 Å². The van der Waals surface area contributed by atoms with E-state index in [1.165, 1.54) is 6.07 Å². The topological polar surface area (TPSA) is 78.7 Å². The second-order valence-corrected chi connectivity index (χ2v) is 6.07. The van der Waals surface area contributed by atoms with E-state index >= 15 is 0 Å². The predicted molar refractivity (Wildman–Crippen MR) is 97.2 cm³/mol. The summed E-state index contributed by atoms with van der Waals surface area (Å²) in [5.74, 6) is -0.362. The van der Waals surface area contributed by atoms with Gasteiger partial charge in [0.15, 0.2) is 0 Å². The van der Waals surface area contributed by atoms with Crippen molar-refractivity contribution in [3.63, 3.8) is 0 Å². The van der Waals surface area contributed by atoms with Gasteiger partial charge in [0.05, 0.1) is 4.92 Å². The molecular formula is C18H20N4O3. The smallest absolute Gasteiger partial charge is 0.292 e. The third-order valence-corrected chi connectivity index (χ3v) is 4.33. The standard InChI is InChI=1S/C18H20N4O3/c1-20-9-11-21(12-10-20)15-7-8-17(22(24)25)16(13-15)19-18(23)14-5-3-2-4-6-14/h2-8,13H,9-12H2,1H3,(H,19,23). The van der Waals surface area contributed by atoms with Crippen LogP contribution in [0.15, 0.2) is 48.5 Å². The number of piperazine rings is 1. The first-order valence-corrected chi connectivity index (χ1v) is 8.13. The van der Waals surface area contributed by atoms with E-state index in [1.54, 1.807) is 36.4 Å². The highest BCUT2D eigenvalue weighted by Crippen LogP contribution is 2.30. The molecule has 0 bridgehead atoms. The summed E-state index contributed by atoms with van der Waals surface area (Å²) in [7, 11) is 2.07. The minimum Gasteiger partial charge on any atom is -0.369 e. The fraction of sp³-hybridized carbons (Fsp3) is 0.278. The summed E-state index contributed by atoms with van der Waals surface area (Å²) < 4.78 is 0. The van der Waals surface area contributed by atoms with Gasteiger partial charge in [-0.2, -0.15) is 0 Å². The number of nitrogens with zero attached hydrogens (tertiary/aromatic N) is 3. The molecule has 1 amide bonds. The Morgan fingerprint density at radius 1 is 1.08 bits per heavy atom. The minimum absolute atomic E-state index is 0.109. The molecule has 7 heteroatoms. The zero-order valence-electron chi connectivity index (χ0n) is 14.0. The molecule has 7 nitrogen and oxygen atoms in total. The molecule has 1 saturated heterocycles. The van der Waals surface area contributed by atoms with Gasteiger partial charge in [0.25, 0.3) is 11.6 Å². The third kappa shape index (κ3) is 3.95. The van der Waals surface area contributed by atoms with E-state index in [4.69, 9.17) is 0 Å². The van der Waals surface area contributed by atoms with Crippen LogP contribution < -0.4 is 10.2 Å². The molecule has 1 aliphatic heterocycles. The first-order valence-electron chi connectivity index (χ1n) is 8.13. The van der Waals surface area contributed by atoms with Gasteiger partial charge in [0.2, 0.25) is 0 Å².